The van der Waals surface area contributed by atoms with Crippen LogP contribution in [0.25, 0.3) is 0 Å². The van der Waals surface area contributed by atoms with E-state index in [-0.39, 0.29) is 5.91 Å². The minimum atomic E-state index is 0.185. The van der Waals surface area contributed by atoms with Gasteiger partial charge in [0.2, 0.25) is 5.91 Å². The van der Waals surface area contributed by atoms with Gasteiger partial charge in [0.1, 0.15) is 0 Å². The number of likely N-dealkylation sites (tertiary alicyclic amines) is 1. The Kier molecular flexibility index (Phi) is 6.95. The first-order valence-electron chi connectivity index (χ1n) is 9.03. The molecule has 1 N–H and O–H groups in total. The average Bonchev–Trinajstić information content (AvgIpc) is 2.65. The zero-order chi connectivity index (χ0) is 17.3. The van der Waals surface area contributed by atoms with Crippen molar-refractivity contribution in [3.05, 3.63) is 66.2 Å². The molecule has 25 heavy (non-hydrogen) atoms. The zero-order valence-electron chi connectivity index (χ0n) is 14.6. The molecule has 0 unspecified atom stereocenters. The molecule has 1 fully saturated rings. The van der Waals surface area contributed by atoms with Gasteiger partial charge in [0.05, 0.1) is 0 Å². The molecule has 1 aliphatic rings. The van der Waals surface area contributed by atoms with E-state index in [1.165, 1.54) is 10.5 Å². The van der Waals surface area contributed by atoms with Crippen LogP contribution in [-0.4, -0.2) is 35.7 Å². The number of hydrogen-bond donors (Lipinski definition) is 1. The Morgan fingerprint density at radius 3 is 2.32 bits per heavy atom. The Balaban J connectivity index is 1.32. The molecule has 1 heterocycles. The van der Waals surface area contributed by atoms with Gasteiger partial charge in [0.25, 0.3) is 0 Å². The summed E-state index contributed by atoms with van der Waals surface area (Å²) in [5, 5.41) is 3.21. The number of hydrogen-bond acceptors (Lipinski definition) is 3. The third kappa shape index (κ3) is 6.22. The number of benzene rings is 2. The maximum atomic E-state index is 12.1. The van der Waals surface area contributed by atoms with E-state index >= 15 is 0 Å². The van der Waals surface area contributed by atoms with Crippen molar-refractivity contribution >= 4 is 17.7 Å². The van der Waals surface area contributed by atoms with Crippen molar-refractivity contribution in [3.63, 3.8) is 0 Å². The van der Waals surface area contributed by atoms with Crippen molar-refractivity contribution in [2.75, 3.05) is 18.8 Å². The molecule has 1 aliphatic heterocycles. The Hall–Kier alpha value is -1.78. The van der Waals surface area contributed by atoms with E-state index in [2.05, 4.69) is 52.7 Å². The summed E-state index contributed by atoms with van der Waals surface area (Å²) in [7, 11) is 0. The molecule has 2 aromatic rings. The molecular weight excluding hydrogens is 328 g/mol. The maximum absolute atomic E-state index is 12.1. The highest BCUT2D eigenvalue weighted by Gasteiger charge is 2.20. The first kappa shape index (κ1) is 18.0. The summed E-state index contributed by atoms with van der Waals surface area (Å²) in [5.41, 5.74) is 1.36. The predicted molar refractivity (Wildman–Crippen MR) is 105 cm³/mol. The van der Waals surface area contributed by atoms with Crippen molar-refractivity contribution in [1.29, 1.82) is 0 Å². The molecule has 1 saturated heterocycles. The number of piperidine rings is 1. The smallest absolute Gasteiger partial charge is 0.221 e. The van der Waals surface area contributed by atoms with Crippen molar-refractivity contribution < 1.29 is 4.79 Å². The minimum absolute atomic E-state index is 0.185. The van der Waals surface area contributed by atoms with Crippen molar-refractivity contribution in [3.8, 4) is 0 Å². The first-order valence-corrected chi connectivity index (χ1v) is 10.0. The molecule has 3 rings (SSSR count). The summed E-state index contributed by atoms with van der Waals surface area (Å²) in [6.07, 6.45) is 2.68. The standard InChI is InChI=1S/C21H26N2OS/c24-21(13-16-25-20-9-5-2-6-10-20)22-19-11-14-23(15-12-19)17-18-7-3-1-4-8-18/h1-10,19H,11-17H2,(H,22,24). The Morgan fingerprint density at radius 2 is 1.64 bits per heavy atom. The molecule has 132 valence electrons. The summed E-state index contributed by atoms with van der Waals surface area (Å²) in [6, 6.07) is 21.2. The molecule has 1 amide bonds. The van der Waals surface area contributed by atoms with E-state index < -0.39 is 0 Å². The summed E-state index contributed by atoms with van der Waals surface area (Å²) in [6.45, 7) is 3.12. The minimum Gasteiger partial charge on any atom is -0.353 e. The molecule has 0 atom stereocenters. The van der Waals surface area contributed by atoms with E-state index in [0.29, 0.717) is 12.5 Å². The highest BCUT2D eigenvalue weighted by atomic mass is 32.2. The van der Waals surface area contributed by atoms with Crippen LogP contribution >= 0.6 is 11.8 Å². The van der Waals surface area contributed by atoms with Gasteiger partial charge in [0, 0.05) is 42.7 Å². The third-order valence-electron chi connectivity index (χ3n) is 4.54. The molecule has 0 bridgehead atoms. The molecule has 0 aromatic heterocycles. The molecule has 2 aromatic carbocycles. The largest absolute Gasteiger partial charge is 0.353 e. The molecule has 0 aliphatic carbocycles. The lowest BCUT2D eigenvalue weighted by atomic mass is 10.0. The van der Waals surface area contributed by atoms with Crippen LogP contribution in [0.1, 0.15) is 24.8 Å². The van der Waals surface area contributed by atoms with Crippen molar-refractivity contribution in [1.82, 2.24) is 10.2 Å². The topological polar surface area (TPSA) is 32.3 Å². The van der Waals surface area contributed by atoms with E-state index in [1.54, 1.807) is 11.8 Å². The highest BCUT2D eigenvalue weighted by molar-refractivity contribution is 7.99. The first-order chi connectivity index (χ1) is 12.3. The Morgan fingerprint density at radius 1 is 1.00 bits per heavy atom. The highest BCUT2D eigenvalue weighted by Crippen LogP contribution is 2.18. The third-order valence-corrected chi connectivity index (χ3v) is 5.56. The lowest BCUT2D eigenvalue weighted by Gasteiger charge is -2.32. The van der Waals surface area contributed by atoms with Gasteiger partial charge in [-0.1, -0.05) is 48.5 Å². The zero-order valence-corrected chi connectivity index (χ0v) is 15.4. The second kappa shape index (κ2) is 9.64. The predicted octanol–water partition coefficient (Wildman–Crippen LogP) is 3.95. The number of nitrogens with zero attached hydrogens (tertiary/aromatic N) is 1. The lowest BCUT2D eigenvalue weighted by Crippen LogP contribution is -2.44. The second-order valence-electron chi connectivity index (χ2n) is 6.52. The van der Waals surface area contributed by atoms with E-state index in [9.17, 15) is 4.79 Å². The van der Waals surface area contributed by atoms with Gasteiger partial charge in [-0.25, -0.2) is 0 Å². The molecular formula is C21H26N2OS. The quantitative estimate of drug-likeness (QED) is 0.764. The van der Waals surface area contributed by atoms with Crippen LogP contribution < -0.4 is 5.32 Å². The SMILES string of the molecule is O=C(CCSc1ccccc1)NC1CCN(Cc2ccccc2)CC1. The van der Waals surface area contributed by atoms with Crippen LogP contribution in [0.5, 0.6) is 0 Å². The van der Waals surface area contributed by atoms with E-state index in [0.717, 1.165) is 38.2 Å². The van der Waals surface area contributed by atoms with Crippen LogP contribution in [0, 0.1) is 0 Å². The summed E-state index contributed by atoms with van der Waals surface area (Å²) in [4.78, 5) is 15.8. The van der Waals surface area contributed by atoms with E-state index in [1.807, 2.05) is 18.2 Å². The summed E-state index contributed by atoms with van der Waals surface area (Å²) >= 11 is 1.74. The number of carbonyl (C=O) groups excluding carboxylic acids is 1. The van der Waals surface area contributed by atoms with Gasteiger partial charge in [-0.15, -0.1) is 11.8 Å². The fraction of sp³-hybridized carbons (Fsp3) is 0.381. The summed E-state index contributed by atoms with van der Waals surface area (Å²) in [5.74, 6) is 1.02. The molecule has 4 heteroatoms. The fourth-order valence-corrected chi connectivity index (χ4v) is 4.03. The number of carbonyl (C=O) groups is 1. The number of amides is 1. The number of thioether (sulfide) groups is 1. The Bertz CT molecular complexity index is 639. The van der Waals surface area contributed by atoms with Gasteiger partial charge in [0.15, 0.2) is 0 Å². The van der Waals surface area contributed by atoms with Crippen LogP contribution in [0.15, 0.2) is 65.6 Å². The van der Waals surface area contributed by atoms with Crippen molar-refractivity contribution in [2.24, 2.45) is 0 Å². The number of nitrogens with one attached hydrogen (secondary N) is 1. The number of rotatable bonds is 7. The van der Waals surface area contributed by atoms with Crippen LogP contribution in [0.3, 0.4) is 0 Å². The monoisotopic (exact) mass is 354 g/mol. The van der Waals surface area contributed by atoms with Crippen LogP contribution in [0.2, 0.25) is 0 Å². The maximum Gasteiger partial charge on any atom is 0.221 e. The van der Waals surface area contributed by atoms with Crippen LogP contribution in [-0.2, 0) is 11.3 Å². The normalized spacial score (nSPS) is 15.8. The van der Waals surface area contributed by atoms with Gasteiger partial charge in [-0.3, -0.25) is 9.69 Å². The van der Waals surface area contributed by atoms with Gasteiger partial charge >= 0.3 is 0 Å². The molecule has 0 spiro atoms. The van der Waals surface area contributed by atoms with Crippen molar-refractivity contribution in [2.45, 2.75) is 36.7 Å². The average molecular weight is 355 g/mol. The van der Waals surface area contributed by atoms with E-state index in [4.69, 9.17) is 0 Å². The molecule has 0 radical (unpaired) electrons. The van der Waals surface area contributed by atoms with Crippen LogP contribution in [0.4, 0.5) is 0 Å². The fourth-order valence-electron chi connectivity index (χ4n) is 3.16. The van der Waals surface area contributed by atoms with Gasteiger partial charge < -0.3 is 5.32 Å². The second-order valence-corrected chi connectivity index (χ2v) is 7.68. The van der Waals surface area contributed by atoms with Gasteiger partial charge in [-0.2, -0.15) is 0 Å². The van der Waals surface area contributed by atoms with Gasteiger partial charge in [-0.05, 0) is 30.5 Å². The molecule has 3 nitrogen and oxygen atoms in total. The lowest BCUT2D eigenvalue weighted by molar-refractivity contribution is -0.121. The molecule has 0 saturated carbocycles. The Labute approximate surface area is 154 Å². The summed E-state index contributed by atoms with van der Waals surface area (Å²) < 4.78 is 0.